The number of aliphatic hydroxyl groups is 1. The first kappa shape index (κ1) is 35.2. The zero-order valence-corrected chi connectivity index (χ0v) is 26.8. The SMILES string of the molecule is CCC(=O)N(CC#N)S(=O)CCCCC(=O)N1CCCCC1C1(O)CN(C(=O)c2ccc(F)c(F)c2NC2C=CC(C)=CC2F)C1. The fraction of sp³-hybridized carbons (Fsp3) is 0.562. The Morgan fingerprint density at radius 2 is 1.96 bits per heavy atom. The van der Waals surface area contributed by atoms with Crippen LogP contribution in [0.5, 0.6) is 0 Å². The fourth-order valence-corrected chi connectivity index (χ4v) is 7.36. The number of unbranched alkanes of at least 4 members (excludes halogenated alkanes) is 1. The molecular weight excluding hydrogens is 623 g/mol. The number of alkyl halides is 1. The monoisotopic (exact) mass is 663 g/mol. The maximum absolute atomic E-state index is 14.9. The van der Waals surface area contributed by atoms with Crippen LogP contribution in [0.1, 0.15) is 69.2 Å². The number of nitrogens with one attached hydrogen (secondary N) is 1. The topological polar surface area (TPSA) is 134 Å². The van der Waals surface area contributed by atoms with Crippen LogP contribution in [0.15, 0.2) is 35.9 Å². The third-order valence-electron chi connectivity index (χ3n) is 8.63. The smallest absolute Gasteiger partial charge is 0.256 e. The van der Waals surface area contributed by atoms with Crippen molar-refractivity contribution in [1.82, 2.24) is 14.1 Å². The van der Waals surface area contributed by atoms with E-state index in [9.17, 15) is 36.9 Å². The molecule has 14 heteroatoms. The van der Waals surface area contributed by atoms with Gasteiger partial charge < -0.3 is 20.2 Å². The molecule has 2 N–H and O–H groups in total. The van der Waals surface area contributed by atoms with Crippen LogP contribution in [0.25, 0.3) is 0 Å². The zero-order valence-electron chi connectivity index (χ0n) is 26.0. The molecule has 4 unspecified atom stereocenters. The average molecular weight is 664 g/mol. The van der Waals surface area contributed by atoms with Gasteiger partial charge in [0.25, 0.3) is 5.91 Å². The number of benzene rings is 1. The number of hydrogen-bond acceptors (Lipinski definition) is 7. The van der Waals surface area contributed by atoms with E-state index in [1.54, 1.807) is 24.8 Å². The minimum atomic E-state index is -1.67. The summed E-state index contributed by atoms with van der Waals surface area (Å²) in [6.45, 7) is 3.22. The highest BCUT2D eigenvalue weighted by atomic mass is 32.2. The van der Waals surface area contributed by atoms with E-state index < -0.39 is 58.1 Å². The Morgan fingerprint density at radius 3 is 2.63 bits per heavy atom. The molecule has 1 aromatic rings. The number of allylic oxidation sites excluding steroid dienone is 2. The number of nitrogens with zero attached hydrogens (tertiary/aromatic N) is 4. The summed E-state index contributed by atoms with van der Waals surface area (Å²) in [7, 11) is -1.67. The third-order valence-corrected chi connectivity index (χ3v) is 10.1. The number of hydrogen-bond donors (Lipinski definition) is 2. The lowest BCUT2D eigenvalue weighted by Gasteiger charge is -2.54. The first-order valence-corrected chi connectivity index (χ1v) is 16.8. The number of halogens is 3. The molecule has 2 heterocycles. The molecule has 1 aliphatic carbocycles. The van der Waals surface area contributed by atoms with Gasteiger partial charge in [0, 0.05) is 25.1 Å². The van der Waals surface area contributed by atoms with E-state index in [0.717, 1.165) is 29.3 Å². The van der Waals surface area contributed by atoms with Gasteiger partial charge >= 0.3 is 0 Å². The van der Waals surface area contributed by atoms with Crippen molar-refractivity contribution in [2.75, 3.05) is 37.2 Å². The van der Waals surface area contributed by atoms with Crippen LogP contribution in [0.2, 0.25) is 0 Å². The summed E-state index contributed by atoms with van der Waals surface area (Å²) < 4.78 is 57.3. The van der Waals surface area contributed by atoms with Gasteiger partial charge in [-0.15, -0.1) is 0 Å². The highest BCUT2D eigenvalue weighted by Gasteiger charge is 2.53. The van der Waals surface area contributed by atoms with Crippen molar-refractivity contribution in [2.45, 2.75) is 82.6 Å². The molecule has 1 aromatic carbocycles. The molecule has 10 nitrogen and oxygen atoms in total. The van der Waals surface area contributed by atoms with Gasteiger partial charge in [0.15, 0.2) is 11.6 Å². The van der Waals surface area contributed by atoms with Crippen LogP contribution in [0.3, 0.4) is 0 Å². The largest absolute Gasteiger partial charge is 0.384 e. The van der Waals surface area contributed by atoms with Crippen LogP contribution in [0, 0.1) is 23.0 Å². The van der Waals surface area contributed by atoms with Crippen molar-refractivity contribution in [3.8, 4) is 6.07 Å². The second-order valence-electron chi connectivity index (χ2n) is 12.0. The molecule has 0 bridgehead atoms. The summed E-state index contributed by atoms with van der Waals surface area (Å²) in [6, 6.07) is 2.22. The Labute approximate surface area is 269 Å². The van der Waals surface area contributed by atoms with Gasteiger partial charge in [-0.25, -0.2) is 21.7 Å². The minimum absolute atomic E-state index is 0.127. The highest BCUT2D eigenvalue weighted by molar-refractivity contribution is 7.83. The van der Waals surface area contributed by atoms with Gasteiger partial charge in [-0.1, -0.05) is 24.6 Å². The average Bonchev–Trinajstić information content (AvgIpc) is 3.02. The number of anilines is 1. The van der Waals surface area contributed by atoms with Gasteiger partial charge in [-0.2, -0.15) is 5.26 Å². The summed E-state index contributed by atoms with van der Waals surface area (Å²) in [5, 5.41) is 23.1. The maximum atomic E-state index is 14.9. The molecule has 2 aliphatic heterocycles. The fourth-order valence-electron chi connectivity index (χ4n) is 6.13. The van der Waals surface area contributed by atoms with Gasteiger partial charge in [-0.3, -0.25) is 14.4 Å². The number of amides is 3. The highest BCUT2D eigenvalue weighted by Crippen LogP contribution is 2.36. The molecule has 46 heavy (non-hydrogen) atoms. The molecule has 0 saturated carbocycles. The lowest BCUT2D eigenvalue weighted by atomic mass is 9.80. The number of likely N-dealkylation sites (tertiary alicyclic amines) is 2. The van der Waals surface area contributed by atoms with Crippen molar-refractivity contribution in [2.24, 2.45) is 0 Å². The summed E-state index contributed by atoms with van der Waals surface area (Å²) in [6.07, 6.45) is 6.02. The molecule has 3 amide bonds. The number of carbonyl (C=O) groups excluding carboxylic acids is 3. The van der Waals surface area contributed by atoms with Crippen LogP contribution >= 0.6 is 0 Å². The summed E-state index contributed by atoms with van der Waals surface area (Å²) in [5.41, 5.74) is -1.39. The zero-order chi connectivity index (χ0) is 33.6. The molecule has 4 rings (SSSR count). The molecule has 4 atom stereocenters. The van der Waals surface area contributed by atoms with E-state index in [4.69, 9.17) is 5.26 Å². The summed E-state index contributed by atoms with van der Waals surface area (Å²) in [4.78, 5) is 41.6. The van der Waals surface area contributed by atoms with Gasteiger partial charge in [0.2, 0.25) is 11.8 Å². The predicted octanol–water partition coefficient (Wildman–Crippen LogP) is 3.76. The number of piperidine rings is 1. The standard InChI is InChI=1S/C32H40F3N5O5S/c1-3-27(41)40(16-14-36)46(45)17-7-5-9-28(42)39-15-6-4-8-26(39)32(44)19-38(20-32)31(43)22-11-12-23(33)29(35)30(22)37-25-13-10-21(2)18-24(25)34/h10-13,18,24-26,37,44H,3-9,15-17,19-20H2,1-2H3. The molecular formula is C32H40F3N5O5S. The Bertz CT molecular complexity index is 1460. The molecule has 0 radical (unpaired) electrons. The van der Waals surface area contributed by atoms with Crippen LogP contribution in [-0.4, -0.2) is 96.9 Å². The predicted molar refractivity (Wildman–Crippen MR) is 166 cm³/mol. The molecule has 0 spiro atoms. The number of nitriles is 1. The van der Waals surface area contributed by atoms with E-state index in [0.29, 0.717) is 31.4 Å². The van der Waals surface area contributed by atoms with E-state index in [1.165, 1.54) is 17.1 Å². The third kappa shape index (κ3) is 7.81. The van der Waals surface area contributed by atoms with Gasteiger partial charge in [0.1, 0.15) is 29.3 Å². The Kier molecular flexibility index (Phi) is 11.7. The van der Waals surface area contributed by atoms with Gasteiger partial charge in [0.05, 0.1) is 42.5 Å². The van der Waals surface area contributed by atoms with Crippen molar-refractivity contribution >= 4 is 34.4 Å². The lowest BCUT2D eigenvalue weighted by molar-refractivity contribution is -0.161. The van der Waals surface area contributed by atoms with Crippen molar-refractivity contribution < 1.29 is 36.9 Å². The number of rotatable bonds is 12. The summed E-state index contributed by atoms with van der Waals surface area (Å²) in [5.74, 6) is -3.61. The number of carbonyl (C=O) groups is 3. The van der Waals surface area contributed by atoms with Crippen LogP contribution in [0.4, 0.5) is 18.9 Å². The normalized spacial score (nSPS) is 22.7. The molecule has 3 aliphatic rings. The first-order chi connectivity index (χ1) is 21.9. The van der Waals surface area contributed by atoms with Crippen molar-refractivity contribution in [3.63, 3.8) is 0 Å². The summed E-state index contributed by atoms with van der Waals surface area (Å²) >= 11 is 0. The van der Waals surface area contributed by atoms with Crippen LogP contribution in [-0.2, 0) is 20.6 Å². The second-order valence-corrected chi connectivity index (χ2v) is 13.4. The lowest BCUT2D eigenvalue weighted by Crippen LogP contribution is -2.73. The van der Waals surface area contributed by atoms with Crippen molar-refractivity contribution in [1.29, 1.82) is 5.26 Å². The van der Waals surface area contributed by atoms with Crippen molar-refractivity contribution in [3.05, 3.63) is 53.1 Å². The number of β-amino-alcohol motifs (C(OH)–C–C–N with tert-alkyl or cyclic N) is 1. The van der Waals surface area contributed by atoms with Crippen LogP contribution < -0.4 is 5.32 Å². The maximum Gasteiger partial charge on any atom is 0.256 e. The Balaban J connectivity index is 1.37. The molecule has 2 fully saturated rings. The molecule has 2 saturated heterocycles. The Morgan fingerprint density at radius 1 is 1.22 bits per heavy atom. The minimum Gasteiger partial charge on any atom is -0.384 e. The second kappa shape index (κ2) is 15.3. The van der Waals surface area contributed by atoms with Gasteiger partial charge in [-0.05, 0) is 57.2 Å². The van der Waals surface area contributed by atoms with E-state index in [-0.39, 0.29) is 55.6 Å². The Hall–Kier alpha value is -3.70. The first-order valence-electron chi connectivity index (χ1n) is 15.5. The van der Waals surface area contributed by atoms with E-state index in [1.807, 2.05) is 6.07 Å². The molecule has 250 valence electrons. The van der Waals surface area contributed by atoms with E-state index in [2.05, 4.69) is 5.32 Å². The molecule has 0 aromatic heterocycles. The quantitative estimate of drug-likeness (QED) is 0.257. The van der Waals surface area contributed by atoms with E-state index >= 15 is 0 Å².